The highest BCUT2D eigenvalue weighted by Crippen LogP contribution is 2.26. The maximum absolute atomic E-state index is 14.8. The number of hydrogen-bond acceptors (Lipinski definition) is 25. The smallest absolute Gasteiger partial charge is 0.327 e. The molecule has 3 aliphatic heterocycles. The number of aliphatic hydroxyl groups excluding tert-OH is 4. The van der Waals surface area contributed by atoms with Gasteiger partial charge in [-0.2, -0.15) is 37.9 Å². The van der Waals surface area contributed by atoms with E-state index in [0.717, 1.165) is 11.8 Å². The molecule has 0 aromatic heterocycles. The third-order valence-corrected chi connectivity index (χ3v) is 21.6. The quantitative estimate of drug-likeness (QED) is 0.0271. The largest absolute Gasteiger partial charge is 0.480 e. The van der Waals surface area contributed by atoms with Crippen molar-refractivity contribution in [2.45, 2.75) is 262 Å². The van der Waals surface area contributed by atoms with Crippen LogP contribution in [-0.4, -0.2) is 306 Å². The Morgan fingerprint density at radius 1 is 0.432 bits per heavy atom. The van der Waals surface area contributed by atoms with Crippen LogP contribution in [0.2, 0.25) is 0 Å². The number of hydrogen-bond donors (Lipinski definition) is 22. The highest BCUT2D eigenvalue weighted by Gasteiger charge is 2.46. The van der Waals surface area contributed by atoms with Crippen molar-refractivity contribution in [3.8, 4) is 0 Å². The minimum absolute atomic E-state index is 0.0381. The van der Waals surface area contributed by atoms with Crippen LogP contribution in [0.25, 0.3) is 0 Å². The number of carbonyl (C=O) groups is 17. The predicted molar refractivity (Wildman–Crippen MR) is 439 cm³/mol. The lowest BCUT2D eigenvalue weighted by atomic mass is 9.96. The molecule has 0 unspecified atom stereocenters. The maximum atomic E-state index is 14.8. The van der Waals surface area contributed by atoms with Gasteiger partial charge < -0.3 is 115 Å². The molecule has 662 valence electrons. The lowest BCUT2D eigenvalue weighted by molar-refractivity contribution is -0.145. The van der Waals surface area contributed by atoms with Crippen molar-refractivity contribution in [3.05, 3.63) is 35.9 Å². The Bertz CT molecular complexity index is 3660. The second-order valence-corrected chi connectivity index (χ2v) is 32.4. The Morgan fingerprint density at radius 3 is 1.31 bits per heavy atom. The summed E-state index contributed by atoms with van der Waals surface area (Å²) in [5, 5.41) is 83.7. The van der Waals surface area contributed by atoms with Crippen LogP contribution in [0.3, 0.4) is 0 Å². The number of nitrogens with one attached hydrogen (secondary N) is 13. The second kappa shape index (κ2) is 49.0. The van der Waals surface area contributed by atoms with Gasteiger partial charge in [0.2, 0.25) is 94.5 Å². The molecular weight excluding hydrogens is 1600 g/mol. The van der Waals surface area contributed by atoms with Crippen LogP contribution < -0.4 is 74.9 Å². The van der Waals surface area contributed by atoms with Crippen molar-refractivity contribution in [2.75, 3.05) is 50.0 Å². The zero-order chi connectivity index (χ0) is 88.9. The van der Waals surface area contributed by atoms with Gasteiger partial charge in [-0.3, -0.25) is 76.7 Å². The van der Waals surface area contributed by atoms with Crippen LogP contribution >= 0.6 is 37.9 Å². The number of thiol groups is 3. The molecule has 20 N–H and O–H groups in total. The molecular formula is C76H123N17O22S3. The van der Waals surface area contributed by atoms with Gasteiger partial charge in [-0.1, -0.05) is 92.1 Å². The number of nitrogens with zero attached hydrogens (tertiary/aromatic N) is 3. The standard InChI is InChI=1S/C76H123N17O22S3/c1-13-39(8)57(70(108)84-50(34-117)63(101)78-31-55(98)86-58(41(10)95)71(109)80-46(30-44-20-15-14-16-21-44)64(102)85-51(35-118)76(114)115)88-69(107)56(38(6)7)87-68(106)54-24-18-26-92(54)74(112)48(29-37(4)5)82-67(105)53-23-17-25-91(53)73(111)47(28-36(2)3)81-61(99)40(9)79-66(104)52-22-19-27-93(52)75(113)60(43(12)97)90-72(110)59(42(11)96)89-65(103)49(32-94)83-62(100)45(77)33-116/h14-16,20-21,36-43,45-54,56-60,94-97,116-118H,13,17-19,22-35,77H2,1-12H3,(H,78,101)(H,79,104)(H,80,109)(H,81,99)(H,82,105)(H,83,100)(H,84,108)(H,85,102)(H,86,98)(H,87,106)(H,88,107)(H,89,103)(H,90,110)(H,114,115)/t39-,40-,41+,42+,43+,45-,46-,47-,48-,49-,50-,51-,52-,53-,54-,56-,57-,58-,59-,60-/m0/s1. The molecule has 3 fully saturated rings. The first-order chi connectivity index (χ1) is 55.5. The fourth-order valence-electron chi connectivity index (χ4n) is 13.5. The summed E-state index contributed by atoms with van der Waals surface area (Å²) in [6.45, 7) is 17.2. The number of carboxylic acid groups (broad SMARTS) is 1. The molecule has 0 radical (unpaired) electrons. The Kier molecular flexibility index (Phi) is 42.1. The zero-order valence-corrected chi connectivity index (χ0v) is 71.5. The summed E-state index contributed by atoms with van der Waals surface area (Å²) >= 11 is 12.2. The molecule has 0 saturated carbocycles. The molecule has 20 atom stereocenters. The van der Waals surface area contributed by atoms with Crippen LogP contribution in [-0.2, 0) is 87.9 Å². The Hall–Kier alpha value is -8.94. The number of likely N-dealkylation sites (tertiary alicyclic amines) is 3. The maximum Gasteiger partial charge on any atom is 0.327 e. The van der Waals surface area contributed by atoms with Crippen LogP contribution in [0.5, 0.6) is 0 Å². The molecule has 118 heavy (non-hydrogen) atoms. The number of aliphatic hydroxyl groups is 4. The number of benzene rings is 1. The summed E-state index contributed by atoms with van der Waals surface area (Å²) in [5.41, 5.74) is 6.23. The zero-order valence-electron chi connectivity index (χ0n) is 68.8. The summed E-state index contributed by atoms with van der Waals surface area (Å²) in [6, 6.07) is -13.8. The van der Waals surface area contributed by atoms with Gasteiger partial charge in [0.05, 0.1) is 37.5 Å². The SMILES string of the molecule is CC[C@H](C)[C@H](NC(=O)[C@@H](NC(=O)[C@@H]1CCCN1C(=O)[C@H](CC(C)C)NC(=O)[C@@H]1CCCN1C(=O)[C@H](CC(C)C)NC(=O)[C@H](C)NC(=O)[C@@H]1CCCN1C(=O)[C@@H](NC(=O)[C@@H](NC(=O)[C@H](CO)NC(=O)[C@@H](N)CS)[C@@H](C)O)[C@@H](C)O)C(C)C)C(=O)N[C@@H](CS)C(=O)NCC(=O)N[C@H](C(=O)N[C@@H](Cc1ccccc1)C(=O)N[C@@H](CS)C(=O)O)[C@@H](C)O. The predicted octanol–water partition coefficient (Wildman–Crippen LogP) is -5.71. The monoisotopic (exact) mass is 1720 g/mol. The topological polar surface area (TPSA) is 583 Å². The second-order valence-electron chi connectivity index (χ2n) is 31.3. The van der Waals surface area contributed by atoms with Crippen LogP contribution in [0.1, 0.15) is 146 Å². The van der Waals surface area contributed by atoms with E-state index in [0.29, 0.717) is 24.8 Å². The van der Waals surface area contributed by atoms with E-state index >= 15 is 0 Å². The van der Waals surface area contributed by atoms with Crippen LogP contribution in [0, 0.1) is 23.7 Å². The Labute approximate surface area is 703 Å². The van der Waals surface area contributed by atoms with E-state index in [1.807, 2.05) is 13.8 Å². The summed E-state index contributed by atoms with van der Waals surface area (Å²) in [4.78, 5) is 238. The summed E-state index contributed by atoms with van der Waals surface area (Å²) < 4.78 is 0. The van der Waals surface area contributed by atoms with Gasteiger partial charge in [0.25, 0.3) is 0 Å². The van der Waals surface area contributed by atoms with E-state index in [1.54, 1.807) is 71.9 Å². The minimum Gasteiger partial charge on any atom is -0.480 e. The van der Waals surface area contributed by atoms with Crippen LogP contribution in [0.4, 0.5) is 0 Å². The van der Waals surface area contributed by atoms with Gasteiger partial charge in [0.1, 0.15) is 90.6 Å². The van der Waals surface area contributed by atoms with Crippen molar-refractivity contribution >= 4 is 138 Å². The molecule has 0 aliphatic carbocycles. The number of rotatable bonds is 46. The number of aliphatic carboxylic acids is 1. The molecule has 3 heterocycles. The molecule has 0 spiro atoms. The minimum atomic E-state index is -1.80. The van der Waals surface area contributed by atoms with E-state index in [9.17, 15) is 107 Å². The van der Waals surface area contributed by atoms with E-state index in [2.05, 4.69) is 107 Å². The average molecular weight is 1720 g/mol. The van der Waals surface area contributed by atoms with Gasteiger partial charge in [-0.15, -0.1) is 0 Å². The summed E-state index contributed by atoms with van der Waals surface area (Å²) in [6.07, 6.45) is -3.06. The normalized spacial score (nSPS) is 19.7. The molecule has 4 rings (SSSR count). The molecule has 3 aliphatic rings. The molecule has 39 nitrogen and oxygen atoms in total. The van der Waals surface area contributed by atoms with Gasteiger partial charge in [-0.25, -0.2) is 4.79 Å². The number of amides is 16. The van der Waals surface area contributed by atoms with Gasteiger partial charge in [-0.05, 0) is 108 Å². The molecule has 1 aromatic rings. The highest BCUT2D eigenvalue weighted by molar-refractivity contribution is 7.80. The average Bonchev–Trinajstić information content (AvgIpc) is 1.73. The van der Waals surface area contributed by atoms with Crippen molar-refractivity contribution in [1.29, 1.82) is 0 Å². The van der Waals surface area contributed by atoms with E-state index in [1.165, 1.54) is 30.6 Å². The van der Waals surface area contributed by atoms with Gasteiger partial charge in [0.15, 0.2) is 0 Å². The molecule has 0 bridgehead atoms. The number of carboxylic acids is 1. The van der Waals surface area contributed by atoms with Crippen molar-refractivity contribution in [2.24, 2.45) is 29.4 Å². The molecule has 42 heteroatoms. The summed E-state index contributed by atoms with van der Waals surface area (Å²) in [5.74, 6) is -17.5. The lowest BCUT2D eigenvalue weighted by Gasteiger charge is -2.33. The van der Waals surface area contributed by atoms with E-state index < -0.39 is 240 Å². The first-order valence-electron chi connectivity index (χ1n) is 39.8. The molecule has 3 saturated heterocycles. The van der Waals surface area contributed by atoms with Crippen molar-refractivity contribution < 1.29 is 107 Å². The van der Waals surface area contributed by atoms with E-state index in [-0.39, 0.29) is 93.7 Å². The highest BCUT2D eigenvalue weighted by atomic mass is 32.1. The Balaban J connectivity index is 1.41. The van der Waals surface area contributed by atoms with Crippen LogP contribution in [0.15, 0.2) is 30.3 Å². The lowest BCUT2D eigenvalue weighted by Crippen LogP contribution is -2.63. The fraction of sp³-hybridized carbons (Fsp3) is 0.697. The van der Waals surface area contributed by atoms with E-state index in [4.69, 9.17) is 5.73 Å². The third kappa shape index (κ3) is 30.1. The van der Waals surface area contributed by atoms with Gasteiger partial charge >= 0.3 is 5.97 Å². The first kappa shape index (κ1) is 101. The first-order valence-corrected chi connectivity index (χ1v) is 41.7. The summed E-state index contributed by atoms with van der Waals surface area (Å²) in [7, 11) is 0. The van der Waals surface area contributed by atoms with Crippen molar-refractivity contribution in [1.82, 2.24) is 83.8 Å². The Morgan fingerprint density at radius 2 is 0.839 bits per heavy atom. The molecule has 16 amide bonds. The fourth-order valence-corrected chi connectivity index (χ4v) is 14.2. The van der Waals surface area contributed by atoms with Gasteiger partial charge in [0, 0.05) is 43.3 Å². The number of nitrogens with two attached hydrogens (primary N) is 1. The van der Waals surface area contributed by atoms with Crippen molar-refractivity contribution in [3.63, 3.8) is 0 Å². The molecule has 1 aromatic carbocycles. The number of carbonyl (C=O) groups excluding carboxylic acids is 16. The third-order valence-electron chi connectivity index (χ3n) is 20.4.